The third-order valence-corrected chi connectivity index (χ3v) is 5.73. The molecule has 6 heteroatoms. The molecule has 0 aromatic carbocycles. The third-order valence-electron chi connectivity index (χ3n) is 4.57. The summed E-state index contributed by atoms with van der Waals surface area (Å²) in [6, 6.07) is 3.91. The fourth-order valence-electron chi connectivity index (χ4n) is 3.16. The highest BCUT2D eigenvalue weighted by atomic mass is 32.1. The summed E-state index contributed by atoms with van der Waals surface area (Å²) in [6.07, 6.45) is 4.07. The molecular formula is C19H24N2O3S. The van der Waals surface area contributed by atoms with Crippen molar-refractivity contribution in [3.05, 3.63) is 44.9 Å². The summed E-state index contributed by atoms with van der Waals surface area (Å²) < 4.78 is 11.2. The summed E-state index contributed by atoms with van der Waals surface area (Å²) in [7, 11) is 3.47. The summed E-state index contributed by atoms with van der Waals surface area (Å²) in [5, 5.41) is 0. The van der Waals surface area contributed by atoms with Crippen LogP contribution in [0.4, 0.5) is 0 Å². The average molecular weight is 360 g/mol. The van der Waals surface area contributed by atoms with Crippen LogP contribution in [0.15, 0.2) is 18.3 Å². The highest BCUT2D eigenvalue weighted by molar-refractivity contribution is 7.14. The standard InChI is InChI=1S/C19H24N2O3S/c1-12-10-20-14(13(2)18(12)23-4)11-21(3)19(22)17-8-7-16(25-17)15-6-5-9-24-15/h7-8,10,15H,5-6,9,11H2,1-4H3/t15-/m1/s1. The van der Waals surface area contributed by atoms with Crippen LogP contribution < -0.4 is 4.74 Å². The van der Waals surface area contributed by atoms with Gasteiger partial charge in [0.25, 0.3) is 5.91 Å². The Bertz CT molecular complexity index is 766. The Morgan fingerprint density at radius 1 is 1.44 bits per heavy atom. The molecule has 134 valence electrons. The molecule has 2 aromatic heterocycles. The molecule has 1 saturated heterocycles. The van der Waals surface area contributed by atoms with E-state index >= 15 is 0 Å². The van der Waals surface area contributed by atoms with E-state index < -0.39 is 0 Å². The van der Waals surface area contributed by atoms with Crippen molar-refractivity contribution in [2.75, 3.05) is 20.8 Å². The maximum atomic E-state index is 12.7. The van der Waals surface area contributed by atoms with Crippen LogP contribution >= 0.6 is 11.3 Å². The first kappa shape index (κ1) is 17.9. The van der Waals surface area contributed by atoms with Gasteiger partial charge in [0.1, 0.15) is 5.75 Å². The Morgan fingerprint density at radius 2 is 2.24 bits per heavy atom. The van der Waals surface area contributed by atoms with Gasteiger partial charge in [-0.05, 0) is 38.8 Å². The lowest BCUT2D eigenvalue weighted by Gasteiger charge is -2.19. The lowest BCUT2D eigenvalue weighted by Crippen LogP contribution is -2.26. The van der Waals surface area contributed by atoms with Gasteiger partial charge in [0.15, 0.2) is 0 Å². The molecule has 1 aliphatic rings. The maximum Gasteiger partial charge on any atom is 0.264 e. The number of methoxy groups -OCH3 is 1. The van der Waals surface area contributed by atoms with Crippen LogP contribution in [0, 0.1) is 13.8 Å². The monoisotopic (exact) mass is 360 g/mol. The number of ether oxygens (including phenoxy) is 2. The molecule has 25 heavy (non-hydrogen) atoms. The van der Waals surface area contributed by atoms with Gasteiger partial charge in [0.05, 0.1) is 30.3 Å². The first-order chi connectivity index (χ1) is 12.0. The fourth-order valence-corrected chi connectivity index (χ4v) is 4.24. The van der Waals surface area contributed by atoms with E-state index in [1.165, 1.54) is 11.3 Å². The molecule has 1 atom stereocenters. The normalized spacial score (nSPS) is 16.9. The molecule has 0 unspecified atom stereocenters. The number of aromatic nitrogens is 1. The van der Waals surface area contributed by atoms with Gasteiger partial charge in [0, 0.05) is 35.9 Å². The van der Waals surface area contributed by atoms with E-state index in [4.69, 9.17) is 9.47 Å². The van der Waals surface area contributed by atoms with Crippen molar-refractivity contribution in [3.8, 4) is 5.75 Å². The van der Waals surface area contributed by atoms with Gasteiger partial charge in [0.2, 0.25) is 0 Å². The molecule has 1 amide bonds. The van der Waals surface area contributed by atoms with Crippen LogP contribution in [0.5, 0.6) is 5.75 Å². The zero-order valence-electron chi connectivity index (χ0n) is 15.2. The number of pyridine rings is 1. The minimum Gasteiger partial charge on any atom is -0.496 e. The van der Waals surface area contributed by atoms with Gasteiger partial charge in [-0.15, -0.1) is 11.3 Å². The van der Waals surface area contributed by atoms with Crippen molar-refractivity contribution >= 4 is 17.2 Å². The van der Waals surface area contributed by atoms with Gasteiger partial charge in [-0.2, -0.15) is 0 Å². The lowest BCUT2D eigenvalue weighted by atomic mass is 10.1. The van der Waals surface area contributed by atoms with E-state index in [1.807, 2.05) is 26.0 Å². The molecule has 1 aliphatic heterocycles. The van der Waals surface area contributed by atoms with Gasteiger partial charge in [-0.1, -0.05) is 0 Å². The second-order valence-electron chi connectivity index (χ2n) is 6.41. The molecule has 5 nitrogen and oxygen atoms in total. The number of carbonyl (C=O) groups excluding carboxylic acids is 1. The number of thiophene rings is 1. The minimum atomic E-state index is 0.00925. The lowest BCUT2D eigenvalue weighted by molar-refractivity contribution is 0.0788. The van der Waals surface area contributed by atoms with Gasteiger partial charge >= 0.3 is 0 Å². The van der Waals surface area contributed by atoms with E-state index in [0.717, 1.165) is 51.8 Å². The SMILES string of the molecule is COc1c(C)cnc(CN(C)C(=O)c2ccc([C@H]3CCCO3)s2)c1C. The summed E-state index contributed by atoms with van der Waals surface area (Å²) >= 11 is 1.53. The molecule has 0 bridgehead atoms. The maximum absolute atomic E-state index is 12.7. The molecule has 0 radical (unpaired) electrons. The highest BCUT2D eigenvalue weighted by Crippen LogP contribution is 2.33. The summed E-state index contributed by atoms with van der Waals surface area (Å²) in [4.78, 5) is 20.8. The second kappa shape index (κ2) is 7.54. The molecule has 0 spiro atoms. The summed E-state index contributed by atoms with van der Waals surface area (Å²) in [5.41, 5.74) is 2.83. The Balaban J connectivity index is 1.73. The summed E-state index contributed by atoms with van der Waals surface area (Å²) in [5.74, 6) is 0.845. The van der Waals surface area contributed by atoms with E-state index in [-0.39, 0.29) is 12.0 Å². The number of hydrogen-bond acceptors (Lipinski definition) is 5. The number of aryl methyl sites for hydroxylation is 1. The van der Waals surface area contributed by atoms with Crippen molar-refractivity contribution in [2.24, 2.45) is 0 Å². The van der Waals surface area contributed by atoms with E-state index in [0.29, 0.717) is 6.54 Å². The number of carbonyl (C=O) groups is 1. The number of nitrogens with zero attached hydrogens (tertiary/aromatic N) is 2. The van der Waals surface area contributed by atoms with E-state index in [2.05, 4.69) is 4.98 Å². The van der Waals surface area contributed by atoms with Crippen LogP contribution in [-0.2, 0) is 11.3 Å². The zero-order valence-corrected chi connectivity index (χ0v) is 16.0. The van der Waals surface area contributed by atoms with Crippen LogP contribution in [-0.4, -0.2) is 36.6 Å². The average Bonchev–Trinajstić information content (AvgIpc) is 3.28. The molecular weight excluding hydrogens is 336 g/mol. The predicted molar refractivity (Wildman–Crippen MR) is 98.3 cm³/mol. The predicted octanol–water partition coefficient (Wildman–Crippen LogP) is 3.89. The van der Waals surface area contributed by atoms with E-state index in [9.17, 15) is 4.79 Å². The first-order valence-electron chi connectivity index (χ1n) is 8.47. The molecule has 3 rings (SSSR count). The summed E-state index contributed by atoms with van der Waals surface area (Å²) in [6.45, 7) is 5.21. The minimum absolute atomic E-state index is 0.00925. The van der Waals surface area contributed by atoms with E-state index in [1.54, 1.807) is 25.3 Å². The molecule has 0 aliphatic carbocycles. The fraction of sp³-hybridized carbons (Fsp3) is 0.474. The molecule has 2 aromatic rings. The highest BCUT2D eigenvalue weighted by Gasteiger charge is 2.22. The van der Waals surface area contributed by atoms with Crippen molar-refractivity contribution in [1.82, 2.24) is 9.88 Å². The molecule has 0 N–H and O–H groups in total. The molecule has 0 saturated carbocycles. The zero-order chi connectivity index (χ0) is 18.0. The van der Waals surface area contributed by atoms with Crippen molar-refractivity contribution in [1.29, 1.82) is 0 Å². The Kier molecular flexibility index (Phi) is 5.39. The Hall–Kier alpha value is -1.92. The smallest absolute Gasteiger partial charge is 0.264 e. The van der Waals surface area contributed by atoms with Crippen molar-refractivity contribution < 1.29 is 14.3 Å². The van der Waals surface area contributed by atoms with Crippen LogP contribution in [0.1, 0.15) is 50.3 Å². The number of hydrogen-bond donors (Lipinski definition) is 0. The Morgan fingerprint density at radius 3 is 2.92 bits per heavy atom. The number of amides is 1. The van der Waals surface area contributed by atoms with Crippen molar-refractivity contribution in [2.45, 2.75) is 39.3 Å². The van der Waals surface area contributed by atoms with Gasteiger partial charge < -0.3 is 14.4 Å². The molecule has 3 heterocycles. The van der Waals surface area contributed by atoms with Gasteiger partial charge in [-0.25, -0.2) is 0 Å². The second-order valence-corrected chi connectivity index (χ2v) is 7.53. The van der Waals surface area contributed by atoms with Crippen molar-refractivity contribution in [3.63, 3.8) is 0 Å². The quantitative estimate of drug-likeness (QED) is 0.812. The van der Waals surface area contributed by atoms with Crippen LogP contribution in [0.3, 0.4) is 0 Å². The largest absolute Gasteiger partial charge is 0.496 e. The van der Waals surface area contributed by atoms with Gasteiger partial charge in [-0.3, -0.25) is 9.78 Å². The van der Waals surface area contributed by atoms with Crippen LogP contribution in [0.25, 0.3) is 0 Å². The first-order valence-corrected chi connectivity index (χ1v) is 9.28. The third kappa shape index (κ3) is 3.70. The number of rotatable bonds is 5. The van der Waals surface area contributed by atoms with Crippen LogP contribution in [0.2, 0.25) is 0 Å². The Labute approximate surface area is 152 Å². The molecule has 1 fully saturated rings. The topological polar surface area (TPSA) is 51.7 Å².